The molecular formula is C18H21N5O2. The summed E-state index contributed by atoms with van der Waals surface area (Å²) in [7, 11) is 0. The van der Waals surface area contributed by atoms with Crippen LogP contribution in [0.4, 0.5) is 11.6 Å². The van der Waals surface area contributed by atoms with Gasteiger partial charge >= 0.3 is 0 Å². The van der Waals surface area contributed by atoms with E-state index < -0.39 is 0 Å². The normalized spacial score (nSPS) is 15.4. The molecular weight excluding hydrogens is 318 g/mol. The van der Waals surface area contributed by atoms with Crippen LogP contribution in [0.15, 0.2) is 48.7 Å². The van der Waals surface area contributed by atoms with Gasteiger partial charge in [0.1, 0.15) is 12.4 Å². The van der Waals surface area contributed by atoms with Crippen LogP contribution in [0.3, 0.4) is 0 Å². The second kappa shape index (κ2) is 7.50. The van der Waals surface area contributed by atoms with Gasteiger partial charge in [0.15, 0.2) is 5.65 Å². The van der Waals surface area contributed by atoms with Gasteiger partial charge in [-0.2, -0.15) is 4.98 Å². The molecule has 0 radical (unpaired) electrons. The smallest absolute Gasteiger partial charge is 0.247 e. The van der Waals surface area contributed by atoms with Gasteiger partial charge in [0.05, 0.1) is 13.2 Å². The number of ether oxygens (including phenoxy) is 2. The maximum atomic E-state index is 5.88. The highest BCUT2D eigenvalue weighted by Crippen LogP contribution is 2.20. The summed E-state index contributed by atoms with van der Waals surface area (Å²) in [5.74, 6) is 1.40. The molecule has 0 atom stereocenters. The highest BCUT2D eigenvalue weighted by Gasteiger charge is 2.10. The predicted octanol–water partition coefficient (Wildman–Crippen LogP) is 2.18. The summed E-state index contributed by atoms with van der Waals surface area (Å²) in [5, 5.41) is 7.62. The summed E-state index contributed by atoms with van der Waals surface area (Å²) in [6.45, 7) is 5.15. The highest BCUT2D eigenvalue weighted by molar-refractivity contribution is 5.57. The Morgan fingerprint density at radius 1 is 1.12 bits per heavy atom. The van der Waals surface area contributed by atoms with Gasteiger partial charge < -0.3 is 14.8 Å². The summed E-state index contributed by atoms with van der Waals surface area (Å²) in [4.78, 5) is 6.80. The number of nitrogens with zero attached hydrogens (tertiary/aromatic N) is 4. The number of nitrogens with one attached hydrogen (secondary N) is 1. The van der Waals surface area contributed by atoms with Crippen molar-refractivity contribution in [3.05, 3.63) is 48.7 Å². The van der Waals surface area contributed by atoms with E-state index >= 15 is 0 Å². The molecule has 25 heavy (non-hydrogen) atoms. The average Bonchev–Trinajstić information content (AvgIpc) is 3.05. The monoisotopic (exact) mass is 339 g/mol. The topological polar surface area (TPSA) is 63.9 Å². The zero-order chi connectivity index (χ0) is 16.9. The molecule has 0 aliphatic carbocycles. The van der Waals surface area contributed by atoms with Gasteiger partial charge in [-0.25, -0.2) is 4.52 Å². The lowest BCUT2D eigenvalue weighted by Crippen LogP contribution is -2.38. The first-order valence-corrected chi connectivity index (χ1v) is 8.48. The zero-order valence-corrected chi connectivity index (χ0v) is 14.0. The highest BCUT2D eigenvalue weighted by atomic mass is 16.5. The molecule has 4 rings (SSSR count). The van der Waals surface area contributed by atoms with Crippen molar-refractivity contribution >= 4 is 17.3 Å². The van der Waals surface area contributed by atoms with Crippen LogP contribution >= 0.6 is 0 Å². The second-order valence-corrected chi connectivity index (χ2v) is 5.89. The molecule has 1 N–H and O–H groups in total. The molecule has 2 aromatic heterocycles. The molecule has 7 heteroatoms. The fraction of sp³-hybridized carbons (Fsp3) is 0.333. The third kappa shape index (κ3) is 4.07. The molecule has 3 aromatic rings. The number of rotatable bonds is 6. The average molecular weight is 339 g/mol. The molecule has 1 saturated heterocycles. The maximum absolute atomic E-state index is 5.88. The Bertz CT molecular complexity index is 796. The van der Waals surface area contributed by atoms with Crippen molar-refractivity contribution in [2.24, 2.45) is 0 Å². The third-order valence-corrected chi connectivity index (χ3v) is 4.11. The molecule has 0 spiro atoms. The van der Waals surface area contributed by atoms with Crippen LogP contribution in [0.2, 0.25) is 0 Å². The molecule has 0 bridgehead atoms. The lowest BCUT2D eigenvalue weighted by Gasteiger charge is -2.26. The fourth-order valence-electron chi connectivity index (χ4n) is 2.79. The number of morpholine rings is 1. The Hall–Kier alpha value is -2.64. The Balaban J connectivity index is 1.35. The van der Waals surface area contributed by atoms with Gasteiger partial charge in [-0.15, -0.1) is 5.10 Å². The first-order chi connectivity index (χ1) is 12.4. The van der Waals surface area contributed by atoms with Crippen LogP contribution in [0.5, 0.6) is 5.75 Å². The molecule has 1 fully saturated rings. The van der Waals surface area contributed by atoms with Crippen LogP contribution in [0.1, 0.15) is 0 Å². The zero-order valence-electron chi connectivity index (χ0n) is 14.0. The first kappa shape index (κ1) is 15.9. The number of fused-ring (bicyclic) bond motifs is 1. The number of pyridine rings is 1. The van der Waals surface area contributed by atoms with Crippen molar-refractivity contribution in [3.8, 4) is 5.75 Å². The lowest BCUT2D eigenvalue weighted by molar-refractivity contribution is 0.0322. The largest absolute Gasteiger partial charge is 0.492 e. The van der Waals surface area contributed by atoms with E-state index in [2.05, 4.69) is 20.3 Å². The van der Waals surface area contributed by atoms with Gasteiger partial charge in [-0.05, 0) is 24.3 Å². The standard InChI is InChI=1S/C18H21N5O2/c1-2-7-23-17(6-1)20-18(21-23)19-15-4-3-5-16(14-15)25-13-10-22-8-11-24-12-9-22/h1-7,14H,8-13H2,(H,19,21). The van der Waals surface area contributed by atoms with Crippen molar-refractivity contribution in [2.75, 3.05) is 44.8 Å². The van der Waals surface area contributed by atoms with E-state index in [4.69, 9.17) is 9.47 Å². The fourth-order valence-corrected chi connectivity index (χ4v) is 2.79. The summed E-state index contributed by atoms with van der Waals surface area (Å²) < 4.78 is 13.0. The minimum Gasteiger partial charge on any atom is -0.492 e. The molecule has 130 valence electrons. The van der Waals surface area contributed by atoms with E-state index in [1.807, 2.05) is 48.7 Å². The third-order valence-electron chi connectivity index (χ3n) is 4.11. The number of benzene rings is 1. The Kier molecular flexibility index (Phi) is 4.76. The molecule has 1 aliphatic heterocycles. The number of hydrogen-bond donors (Lipinski definition) is 1. The SMILES string of the molecule is c1cc(Nc2nc3ccccn3n2)cc(OCCN2CCOCC2)c1. The summed E-state index contributed by atoms with van der Waals surface area (Å²) in [6.07, 6.45) is 1.87. The van der Waals surface area contributed by atoms with Crippen LogP contribution in [0, 0.1) is 0 Å². The Labute approximate surface area is 146 Å². The van der Waals surface area contributed by atoms with Crippen molar-refractivity contribution in [3.63, 3.8) is 0 Å². The minimum atomic E-state index is 0.566. The molecule has 0 saturated carbocycles. The van der Waals surface area contributed by atoms with E-state index in [0.29, 0.717) is 12.6 Å². The van der Waals surface area contributed by atoms with E-state index in [-0.39, 0.29) is 0 Å². The van der Waals surface area contributed by atoms with E-state index in [1.54, 1.807) is 4.52 Å². The molecule has 1 aliphatic rings. The number of hydrogen-bond acceptors (Lipinski definition) is 6. The molecule has 0 amide bonds. The quantitative estimate of drug-likeness (QED) is 0.743. The predicted molar refractivity (Wildman–Crippen MR) is 95.5 cm³/mol. The molecule has 0 unspecified atom stereocenters. The van der Waals surface area contributed by atoms with Crippen molar-refractivity contribution in [1.82, 2.24) is 19.5 Å². The van der Waals surface area contributed by atoms with Crippen molar-refractivity contribution in [1.29, 1.82) is 0 Å². The second-order valence-electron chi connectivity index (χ2n) is 5.89. The van der Waals surface area contributed by atoms with Crippen molar-refractivity contribution < 1.29 is 9.47 Å². The van der Waals surface area contributed by atoms with Gasteiger partial charge in [0, 0.05) is 37.6 Å². The number of anilines is 2. The van der Waals surface area contributed by atoms with Gasteiger partial charge in [-0.1, -0.05) is 12.1 Å². The van der Waals surface area contributed by atoms with Gasteiger partial charge in [0.2, 0.25) is 5.95 Å². The lowest BCUT2D eigenvalue weighted by atomic mass is 10.3. The Morgan fingerprint density at radius 2 is 2.04 bits per heavy atom. The molecule has 1 aromatic carbocycles. The minimum absolute atomic E-state index is 0.566. The summed E-state index contributed by atoms with van der Waals surface area (Å²) >= 11 is 0. The van der Waals surface area contributed by atoms with E-state index in [9.17, 15) is 0 Å². The number of aromatic nitrogens is 3. The Morgan fingerprint density at radius 3 is 2.92 bits per heavy atom. The first-order valence-electron chi connectivity index (χ1n) is 8.48. The van der Waals surface area contributed by atoms with Crippen LogP contribution in [-0.2, 0) is 4.74 Å². The van der Waals surface area contributed by atoms with Crippen LogP contribution in [-0.4, -0.2) is 59.0 Å². The van der Waals surface area contributed by atoms with Gasteiger partial charge in [-0.3, -0.25) is 4.90 Å². The van der Waals surface area contributed by atoms with E-state index in [0.717, 1.165) is 49.9 Å². The maximum Gasteiger partial charge on any atom is 0.247 e. The van der Waals surface area contributed by atoms with Gasteiger partial charge in [0.25, 0.3) is 0 Å². The molecule has 7 nitrogen and oxygen atoms in total. The van der Waals surface area contributed by atoms with Crippen LogP contribution < -0.4 is 10.1 Å². The van der Waals surface area contributed by atoms with E-state index in [1.165, 1.54) is 0 Å². The summed E-state index contributed by atoms with van der Waals surface area (Å²) in [6, 6.07) is 13.6. The molecule has 3 heterocycles. The van der Waals surface area contributed by atoms with Crippen molar-refractivity contribution in [2.45, 2.75) is 0 Å². The summed E-state index contributed by atoms with van der Waals surface area (Å²) in [5.41, 5.74) is 1.71. The van der Waals surface area contributed by atoms with Crippen LogP contribution in [0.25, 0.3) is 5.65 Å².